The fourth-order valence-corrected chi connectivity index (χ4v) is 2.26. The topological polar surface area (TPSA) is 112 Å². The Labute approximate surface area is 140 Å². The first-order chi connectivity index (χ1) is 10.6. The number of carbonyl (C=O) groups is 3. The van der Waals surface area contributed by atoms with Crippen molar-refractivity contribution < 1.29 is 14.4 Å². The van der Waals surface area contributed by atoms with Gasteiger partial charge in [0.25, 0.3) is 0 Å². The van der Waals surface area contributed by atoms with Crippen LogP contribution < -0.4 is 21.6 Å². The average molecular weight is 415 g/mol. The Morgan fingerprint density at radius 3 is 2.86 bits per heavy atom. The molecule has 0 aliphatic carbocycles. The molecule has 4 N–H and O–H groups in total. The molecule has 1 atom stereocenters. The number of hydrazone groups is 1. The quantitative estimate of drug-likeness (QED) is 0.314. The molecule has 2 rings (SSSR count). The molecule has 1 aliphatic heterocycles. The largest absolute Gasteiger partial charge is 0.335 e. The Bertz CT molecular complexity index is 619. The predicted molar refractivity (Wildman–Crippen MR) is 87.7 cm³/mol. The second-order valence-corrected chi connectivity index (χ2v) is 5.66. The molecule has 9 heteroatoms. The lowest BCUT2D eigenvalue weighted by molar-refractivity contribution is -0.124. The van der Waals surface area contributed by atoms with Crippen molar-refractivity contribution in [3.8, 4) is 0 Å². The Morgan fingerprint density at radius 1 is 1.36 bits per heavy atom. The number of hydrogen-bond donors (Lipinski definition) is 4. The Kier molecular flexibility index (Phi) is 5.83. The molecule has 1 fully saturated rings. The lowest BCUT2D eigenvalue weighted by Crippen LogP contribution is -2.62. The van der Waals surface area contributed by atoms with Gasteiger partial charge >= 0.3 is 6.03 Å². The molecule has 0 spiro atoms. The van der Waals surface area contributed by atoms with Crippen LogP contribution in [-0.2, 0) is 9.59 Å². The summed E-state index contributed by atoms with van der Waals surface area (Å²) in [5, 5.41) is 5.99. The summed E-state index contributed by atoms with van der Waals surface area (Å²) < 4.78 is 1.02. The number of imide groups is 1. The number of carbonyl (C=O) groups excluding carboxylic acids is 3. The van der Waals surface area contributed by atoms with E-state index in [0.29, 0.717) is 0 Å². The van der Waals surface area contributed by atoms with Gasteiger partial charge in [-0.2, -0.15) is 5.10 Å². The van der Waals surface area contributed by atoms with Crippen molar-refractivity contribution in [3.05, 3.63) is 33.4 Å². The van der Waals surface area contributed by atoms with Crippen LogP contribution in [0.15, 0.2) is 29.4 Å². The lowest BCUT2D eigenvalue weighted by Gasteiger charge is -2.22. The second kappa shape index (κ2) is 7.84. The van der Waals surface area contributed by atoms with Gasteiger partial charge in [-0.15, -0.1) is 0 Å². The zero-order valence-electron chi connectivity index (χ0n) is 11.4. The highest BCUT2D eigenvalue weighted by Gasteiger charge is 2.25. The molecule has 1 aromatic carbocycles. The lowest BCUT2D eigenvalue weighted by atomic mass is 10.1. The summed E-state index contributed by atoms with van der Waals surface area (Å²) in [6.45, 7) is 0. The average Bonchev–Trinajstić information content (AvgIpc) is 2.48. The SMILES string of the molecule is O=C(CCC1NNC(=O)NC1=O)N/N=C/c1ccccc1I. The van der Waals surface area contributed by atoms with Gasteiger partial charge in [0, 0.05) is 15.6 Å². The third kappa shape index (κ3) is 4.77. The molecular weight excluding hydrogens is 401 g/mol. The fraction of sp³-hybridized carbons (Fsp3) is 0.231. The minimum atomic E-state index is -0.637. The number of rotatable bonds is 5. The Balaban J connectivity index is 1.75. The maximum absolute atomic E-state index is 11.7. The van der Waals surface area contributed by atoms with Crippen molar-refractivity contribution in [3.63, 3.8) is 0 Å². The Hall–Kier alpha value is -2.01. The monoisotopic (exact) mass is 415 g/mol. The molecule has 0 saturated carbocycles. The third-order valence-corrected chi connectivity index (χ3v) is 3.85. The highest BCUT2D eigenvalue weighted by molar-refractivity contribution is 14.1. The van der Waals surface area contributed by atoms with Crippen molar-refractivity contribution >= 4 is 46.7 Å². The van der Waals surface area contributed by atoms with E-state index >= 15 is 0 Å². The van der Waals surface area contributed by atoms with Crippen molar-refractivity contribution in [2.45, 2.75) is 18.9 Å². The van der Waals surface area contributed by atoms with E-state index in [1.807, 2.05) is 24.3 Å². The number of benzene rings is 1. The molecule has 1 unspecified atom stereocenters. The molecule has 1 aromatic rings. The van der Waals surface area contributed by atoms with E-state index in [1.54, 1.807) is 6.21 Å². The fourth-order valence-electron chi connectivity index (χ4n) is 1.74. The Morgan fingerprint density at radius 2 is 2.14 bits per heavy atom. The number of nitrogens with zero attached hydrogens (tertiary/aromatic N) is 1. The first kappa shape index (κ1) is 16.4. The summed E-state index contributed by atoms with van der Waals surface area (Å²) in [6.07, 6.45) is 1.91. The van der Waals surface area contributed by atoms with E-state index in [0.717, 1.165) is 9.13 Å². The van der Waals surface area contributed by atoms with Crippen LogP contribution in [0.1, 0.15) is 18.4 Å². The van der Waals surface area contributed by atoms with Gasteiger partial charge in [0.05, 0.1) is 6.21 Å². The summed E-state index contributed by atoms with van der Waals surface area (Å²) in [7, 11) is 0. The van der Waals surface area contributed by atoms with E-state index in [9.17, 15) is 14.4 Å². The van der Waals surface area contributed by atoms with E-state index in [-0.39, 0.29) is 18.7 Å². The van der Waals surface area contributed by atoms with Crippen molar-refractivity contribution in [2.24, 2.45) is 5.10 Å². The minimum Gasteiger partial charge on any atom is -0.276 e. The number of urea groups is 1. The van der Waals surface area contributed by atoms with Gasteiger partial charge in [-0.05, 0) is 35.1 Å². The summed E-state index contributed by atoms with van der Waals surface area (Å²) in [5.41, 5.74) is 8.11. The minimum absolute atomic E-state index is 0.101. The number of halogens is 1. The van der Waals surface area contributed by atoms with Crippen LogP contribution in [0.3, 0.4) is 0 Å². The van der Waals surface area contributed by atoms with Crippen molar-refractivity contribution in [1.29, 1.82) is 0 Å². The zero-order valence-corrected chi connectivity index (χ0v) is 13.6. The summed E-state index contributed by atoms with van der Waals surface area (Å²) in [6, 6.07) is 6.38. The molecule has 0 aromatic heterocycles. The highest BCUT2D eigenvalue weighted by Crippen LogP contribution is 2.08. The van der Waals surface area contributed by atoms with Gasteiger partial charge in [0.15, 0.2) is 0 Å². The first-order valence-electron chi connectivity index (χ1n) is 6.49. The molecule has 0 bridgehead atoms. The molecule has 8 nitrogen and oxygen atoms in total. The maximum Gasteiger partial charge on any atom is 0.335 e. The van der Waals surface area contributed by atoms with Crippen molar-refractivity contribution in [2.75, 3.05) is 0 Å². The highest BCUT2D eigenvalue weighted by atomic mass is 127. The first-order valence-corrected chi connectivity index (χ1v) is 7.57. The molecule has 1 aliphatic rings. The van der Waals surface area contributed by atoms with E-state index in [1.165, 1.54) is 0 Å². The van der Waals surface area contributed by atoms with Crippen LogP contribution in [0.2, 0.25) is 0 Å². The molecule has 4 amide bonds. The van der Waals surface area contributed by atoms with E-state index in [4.69, 9.17) is 0 Å². The maximum atomic E-state index is 11.7. The van der Waals surface area contributed by atoms with Gasteiger partial charge in [-0.25, -0.2) is 15.6 Å². The number of hydrazine groups is 1. The van der Waals surface area contributed by atoms with Crippen LogP contribution in [0, 0.1) is 3.57 Å². The normalized spacial score (nSPS) is 18.0. The molecule has 1 heterocycles. The molecule has 0 radical (unpaired) electrons. The van der Waals surface area contributed by atoms with E-state index < -0.39 is 18.0 Å². The van der Waals surface area contributed by atoms with Gasteiger partial charge in [-0.3, -0.25) is 20.3 Å². The van der Waals surface area contributed by atoms with Gasteiger partial charge in [-0.1, -0.05) is 18.2 Å². The molecular formula is C13H14IN5O3. The van der Waals surface area contributed by atoms with E-state index in [2.05, 4.69) is 49.3 Å². The van der Waals surface area contributed by atoms with Crippen LogP contribution in [0.4, 0.5) is 4.79 Å². The predicted octanol–water partition coefficient (Wildman–Crippen LogP) is 0.234. The molecule has 1 saturated heterocycles. The van der Waals surface area contributed by atoms with Crippen LogP contribution in [-0.4, -0.2) is 30.1 Å². The van der Waals surface area contributed by atoms with Crippen molar-refractivity contribution in [1.82, 2.24) is 21.6 Å². The van der Waals surface area contributed by atoms with Crippen LogP contribution in [0.5, 0.6) is 0 Å². The number of amides is 4. The van der Waals surface area contributed by atoms with Crippen LogP contribution in [0.25, 0.3) is 0 Å². The summed E-state index contributed by atoms with van der Waals surface area (Å²) in [5.74, 6) is -0.771. The second-order valence-electron chi connectivity index (χ2n) is 4.49. The summed E-state index contributed by atoms with van der Waals surface area (Å²) >= 11 is 2.18. The smallest absolute Gasteiger partial charge is 0.276 e. The number of nitrogens with one attached hydrogen (secondary N) is 4. The molecule has 22 heavy (non-hydrogen) atoms. The number of hydrogen-bond acceptors (Lipinski definition) is 5. The van der Waals surface area contributed by atoms with Crippen LogP contribution >= 0.6 is 22.6 Å². The standard InChI is InChI=1S/C13H14IN5O3/c14-9-4-2-1-3-8(9)7-15-18-11(20)6-5-10-12(21)16-13(22)19-17-10/h1-4,7,10,17H,5-6H2,(H,18,20)(H2,16,19,21,22)/b15-7+. The third-order valence-electron chi connectivity index (χ3n) is 2.87. The zero-order chi connectivity index (χ0) is 15.9. The van der Waals surface area contributed by atoms with Gasteiger partial charge < -0.3 is 0 Å². The van der Waals surface area contributed by atoms with Gasteiger partial charge in [0.2, 0.25) is 11.8 Å². The van der Waals surface area contributed by atoms with Gasteiger partial charge in [0.1, 0.15) is 6.04 Å². The summed E-state index contributed by atoms with van der Waals surface area (Å²) in [4.78, 5) is 34.0. The molecule has 116 valence electrons.